The quantitative estimate of drug-likeness (QED) is 0.839. The molecule has 1 heterocycles. The van der Waals surface area contributed by atoms with Gasteiger partial charge in [-0.05, 0) is 53.0 Å². The second-order valence-corrected chi connectivity index (χ2v) is 7.11. The van der Waals surface area contributed by atoms with Gasteiger partial charge in [0, 0.05) is 4.88 Å². The van der Waals surface area contributed by atoms with Crippen molar-refractivity contribution in [1.29, 1.82) is 0 Å². The minimum atomic E-state index is -0.401. The van der Waals surface area contributed by atoms with Crippen molar-refractivity contribution in [2.45, 2.75) is 46.1 Å². The van der Waals surface area contributed by atoms with Gasteiger partial charge in [-0.3, -0.25) is 4.79 Å². The predicted octanol–water partition coefficient (Wildman–Crippen LogP) is 2.11. The van der Waals surface area contributed by atoms with Crippen LogP contribution in [0.1, 0.15) is 42.3 Å². The lowest BCUT2D eigenvalue weighted by atomic mass is 10.1. The van der Waals surface area contributed by atoms with Crippen molar-refractivity contribution in [3.63, 3.8) is 0 Å². The molecule has 0 aromatic carbocycles. The van der Waals surface area contributed by atoms with E-state index in [2.05, 4.69) is 22.5 Å². The van der Waals surface area contributed by atoms with Crippen molar-refractivity contribution in [3.8, 4) is 0 Å². The number of aryl methyl sites for hydroxylation is 2. The van der Waals surface area contributed by atoms with Crippen LogP contribution in [0.25, 0.3) is 0 Å². The summed E-state index contributed by atoms with van der Waals surface area (Å²) in [6, 6.07) is 0. The maximum absolute atomic E-state index is 11.9. The molecule has 5 heteroatoms. The van der Waals surface area contributed by atoms with E-state index in [0.29, 0.717) is 6.54 Å². The first-order chi connectivity index (χ1) is 8.88. The standard InChI is InChI=1S/C14H23N3OS/c1-9-10(2)19-13(16-9)14(3,4)17-12(18)8-15-7-11-5-6-11/h11,15H,5-8H2,1-4H3,(H,17,18). The number of amides is 1. The molecule has 106 valence electrons. The highest BCUT2D eigenvalue weighted by Gasteiger charge is 2.27. The number of thiazole rings is 1. The lowest BCUT2D eigenvalue weighted by molar-refractivity contribution is -0.121. The summed E-state index contributed by atoms with van der Waals surface area (Å²) in [6.07, 6.45) is 2.61. The monoisotopic (exact) mass is 281 g/mol. The van der Waals surface area contributed by atoms with E-state index < -0.39 is 5.54 Å². The van der Waals surface area contributed by atoms with Gasteiger partial charge in [-0.15, -0.1) is 11.3 Å². The van der Waals surface area contributed by atoms with Crippen LogP contribution in [0.5, 0.6) is 0 Å². The normalized spacial score (nSPS) is 15.6. The fourth-order valence-corrected chi connectivity index (χ4v) is 2.87. The van der Waals surface area contributed by atoms with E-state index >= 15 is 0 Å². The summed E-state index contributed by atoms with van der Waals surface area (Å²) >= 11 is 1.66. The fraction of sp³-hybridized carbons (Fsp3) is 0.714. The molecule has 19 heavy (non-hydrogen) atoms. The molecule has 1 fully saturated rings. The third-order valence-electron chi connectivity index (χ3n) is 3.43. The van der Waals surface area contributed by atoms with Crippen molar-refractivity contribution in [3.05, 3.63) is 15.6 Å². The number of carbonyl (C=O) groups is 1. The molecule has 0 bridgehead atoms. The first-order valence-corrected chi connectivity index (χ1v) is 7.66. The van der Waals surface area contributed by atoms with E-state index in [9.17, 15) is 4.79 Å². The van der Waals surface area contributed by atoms with Crippen LogP contribution in [-0.2, 0) is 10.3 Å². The Morgan fingerprint density at radius 2 is 2.11 bits per heavy atom. The van der Waals surface area contributed by atoms with E-state index in [-0.39, 0.29) is 5.91 Å². The zero-order valence-corrected chi connectivity index (χ0v) is 13.0. The maximum Gasteiger partial charge on any atom is 0.234 e. The summed E-state index contributed by atoms with van der Waals surface area (Å²) in [5.41, 5.74) is 0.649. The van der Waals surface area contributed by atoms with Crippen LogP contribution in [0.2, 0.25) is 0 Å². The summed E-state index contributed by atoms with van der Waals surface area (Å²) in [4.78, 5) is 17.7. The highest BCUT2D eigenvalue weighted by atomic mass is 32.1. The van der Waals surface area contributed by atoms with Crippen molar-refractivity contribution in [1.82, 2.24) is 15.6 Å². The van der Waals surface area contributed by atoms with Crippen LogP contribution in [0.4, 0.5) is 0 Å². The van der Waals surface area contributed by atoms with E-state index in [4.69, 9.17) is 0 Å². The number of nitrogens with one attached hydrogen (secondary N) is 2. The van der Waals surface area contributed by atoms with Crippen LogP contribution in [0.3, 0.4) is 0 Å². The second-order valence-electron chi connectivity index (χ2n) is 5.91. The molecule has 0 atom stereocenters. The van der Waals surface area contributed by atoms with Gasteiger partial charge in [0.1, 0.15) is 5.01 Å². The molecule has 0 spiro atoms. The third-order valence-corrected chi connectivity index (χ3v) is 4.83. The summed E-state index contributed by atoms with van der Waals surface area (Å²) < 4.78 is 0. The Morgan fingerprint density at radius 1 is 1.42 bits per heavy atom. The minimum absolute atomic E-state index is 0.0381. The Balaban J connectivity index is 1.86. The molecule has 4 nitrogen and oxygen atoms in total. The molecule has 0 saturated heterocycles. The van der Waals surface area contributed by atoms with Crippen LogP contribution < -0.4 is 10.6 Å². The lowest BCUT2D eigenvalue weighted by Gasteiger charge is -2.24. The van der Waals surface area contributed by atoms with E-state index in [1.807, 2.05) is 20.8 Å². The average Bonchev–Trinajstić information content (AvgIpc) is 3.05. The van der Waals surface area contributed by atoms with Crippen molar-refractivity contribution in [2.75, 3.05) is 13.1 Å². The highest BCUT2D eigenvalue weighted by molar-refractivity contribution is 7.11. The van der Waals surface area contributed by atoms with Gasteiger partial charge in [-0.1, -0.05) is 0 Å². The minimum Gasteiger partial charge on any atom is -0.344 e. The van der Waals surface area contributed by atoms with Gasteiger partial charge in [0.25, 0.3) is 0 Å². The van der Waals surface area contributed by atoms with Crippen LogP contribution in [0, 0.1) is 19.8 Å². The van der Waals surface area contributed by atoms with Gasteiger partial charge in [-0.2, -0.15) is 0 Å². The molecule has 0 aliphatic heterocycles. The van der Waals surface area contributed by atoms with Gasteiger partial charge in [-0.25, -0.2) is 4.98 Å². The number of hydrogen-bond donors (Lipinski definition) is 2. The SMILES string of the molecule is Cc1nc(C(C)(C)NC(=O)CNCC2CC2)sc1C. The van der Waals surface area contributed by atoms with Gasteiger partial charge < -0.3 is 10.6 Å². The van der Waals surface area contributed by atoms with E-state index in [0.717, 1.165) is 23.2 Å². The van der Waals surface area contributed by atoms with Crippen molar-refractivity contribution in [2.24, 2.45) is 5.92 Å². The summed E-state index contributed by atoms with van der Waals surface area (Å²) in [5.74, 6) is 0.834. The molecular formula is C14H23N3OS. The van der Waals surface area contributed by atoms with Crippen LogP contribution in [0.15, 0.2) is 0 Å². The van der Waals surface area contributed by atoms with E-state index in [1.54, 1.807) is 11.3 Å². The van der Waals surface area contributed by atoms with Crippen molar-refractivity contribution < 1.29 is 4.79 Å². The molecule has 2 N–H and O–H groups in total. The van der Waals surface area contributed by atoms with Crippen molar-refractivity contribution >= 4 is 17.2 Å². The first kappa shape index (κ1) is 14.5. The lowest BCUT2D eigenvalue weighted by Crippen LogP contribution is -2.45. The molecule has 0 unspecified atom stereocenters. The second kappa shape index (κ2) is 5.59. The summed E-state index contributed by atoms with van der Waals surface area (Å²) in [5, 5.41) is 7.23. The van der Waals surface area contributed by atoms with Gasteiger partial charge in [0.05, 0.1) is 17.8 Å². The average molecular weight is 281 g/mol. The largest absolute Gasteiger partial charge is 0.344 e. The third kappa shape index (κ3) is 4.01. The molecular weight excluding hydrogens is 258 g/mol. The van der Waals surface area contributed by atoms with Crippen LogP contribution >= 0.6 is 11.3 Å². The fourth-order valence-electron chi connectivity index (χ4n) is 1.90. The van der Waals surface area contributed by atoms with Gasteiger partial charge in [0.2, 0.25) is 5.91 Å². The molecule has 1 saturated carbocycles. The Hall–Kier alpha value is -0.940. The summed E-state index contributed by atoms with van der Waals surface area (Å²) in [6.45, 7) is 9.43. The Kier molecular flexibility index (Phi) is 4.26. The number of aromatic nitrogens is 1. The number of hydrogen-bond acceptors (Lipinski definition) is 4. The Labute approximate surface area is 119 Å². The first-order valence-electron chi connectivity index (χ1n) is 6.84. The summed E-state index contributed by atoms with van der Waals surface area (Å²) in [7, 11) is 0. The molecule has 0 radical (unpaired) electrons. The molecule has 1 aliphatic carbocycles. The van der Waals surface area contributed by atoms with Gasteiger partial charge in [0.15, 0.2) is 0 Å². The number of carbonyl (C=O) groups excluding carboxylic acids is 1. The smallest absolute Gasteiger partial charge is 0.234 e. The Morgan fingerprint density at radius 3 is 2.63 bits per heavy atom. The Bertz CT molecular complexity index is 444. The topological polar surface area (TPSA) is 54.0 Å². The molecule has 1 aromatic rings. The molecule has 1 amide bonds. The zero-order valence-electron chi connectivity index (χ0n) is 12.2. The molecule has 1 aromatic heterocycles. The molecule has 1 aliphatic rings. The number of nitrogens with zero attached hydrogens (tertiary/aromatic N) is 1. The molecule has 2 rings (SSSR count). The zero-order chi connectivity index (χ0) is 14.0. The van der Waals surface area contributed by atoms with E-state index in [1.165, 1.54) is 17.7 Å². The maximum atomic E-state index is 11.9. The number of rotatable bonds is 6. The predicted molar refractivity (Wildman–Crippen MR) is 78.4 cm³/mol. The van der Waals surface area contributed by atoms with Gasteiger partial charge >= 0.3 is 0 Å². The van der Waals surface area contributed by atoms with Crippen LogP contribution in [-0.4, -0.2) is 24.0 Å². The highest BCUT2D eigenvalue weighted by Crippen LogP contribution is 2.28.